The first-order valence-corrected chi connectivity index (χ1v) is 12.8. The molecule has 0 radical (unpaired) electrons. The van der Waals surface area contributed by atoms with Crippen molar-refractivity contribution in [1.29, 1.82) is 0 Å². The van der Waals surface area contributed by atoms with Gasteiger partial charge in [0.1, 0.15) is 11.2 Å². The van der Waals surface area contributed by atoms with Crippen molar-refractivity contribution < 1.29 is 14.0 Å². The molecule has 0 aromatic carbocycles. The van der Waals surface area contributed by atoms with E-state index in [9.17, 15) is 9.59 Å². The minimum Gasteiger partial charge on any atom is -0.463 e. The normalized spacial score (nSPS) is 22.1. The number of nitrogens with zero attached hydrogens (tertiary/aromatic N) is 3. The highest BCUT2D eigenvalue weighted by molar-refractivity contribution is 6.02. The van der Waals surface area contributed by atoms with E-state index in [1.807, 2.05) is 28.5 Å². The number of carbonyl (C=O) groups excluding carboxylic acids is 2. The van der Waals surface area contributed by atoms with Crippen LogP contribution in [0.4, 0.5) is 0 Å². The summed E-state index contributed by atoms with van der Waals surface area (Å²) in [4.78, 5) is 31.6. The second kappa shape index (κ2) is 10.3. The Morgan fingerprint density at radius 3 is 2.67 bits per heavy atom. The highest BCUT2D eigenvalue weighted by atomic mass is 16.3. The van der Waals surface area contributed by atoms with Crippen LogP contribution in [0.25, 0.3) is 11.1 Å². The van der Waals surface area contributed by atoms with Crippen LogP contribution in [0.5, 0.6) is 0 Å². The largest absolute Gasteiger partial charge is 0.463 e. The van der Waals surface area contributed by atoms with Gasteiger partial charge in [0.05, 0.1) is 18.3 Å². The van der Waals surface area contributed by atoms with Crippen LogP contribution in [0.1, 0.15) is 82.1 Å². The Labute approximate surface area is 197 Å². The fourth-order valence-electron chi connectivity index (χ4n) is 5.43. The molecule has 2 aromatic rings. The van der Waals surface area contributed by atoms with Gasteiger partial charge in [-0.05, 0) is 52.7 Å². The molecule has 33 heavy (non-hydrogen) atoms. The Morgan fingerprint density at radius 1 is 1.21 bits per heavy atom. The van der Waals surface area contributed by atoms with Gasteiger partial charge >= 0.3 is 0 Å². The lowest BCUT2D eigenvalue weighted by atomic mass is 9.93. The van der Waals surface area contributed by atoms with Crippen molar-refractivity contribution in [1.82, 2.24) is 19.7 Å². The fraction of sp³-hybridized carbons (Fsp3) is 0.692. The second-order valence-corrected chi connectivity index (χ2v) is 10.2. The molecule has 0 unspecified atom stereocenters. The molecule has 0 spiro atoms. The summed E-state index contributed by atoms with van der Waals surface area (Å²) < 4.78 is 7.54. The molecule has 1 atom stereocenters. The minimum absolute atomic E-state index is 0.0296. The smallest absolute Gasteiger partial charge is 0.271 e. The van der Waals surface area contributed by atoms with Gasteiger partial charge in [-0.1, -0.05) is 39.0 Å². The first-order valence-electron chi connectivity index (χ1n) is 12.8. The van der Waals surface area contributed by atoms with E-state index in [4.69, 9.17) is 4.42 Å². The lowest BCUT2D eigenvalue weighted by Gasteiger charge is -2.44. The second-order valence-electron chi connectivity index (χ2n) is 10.2. The predicted octanol–water partition coefficient (Wildman–Crippen LogP) is 4.41. The Hall–Kier alpha value is -2.28. The highest BCUT2D eigenvalue weighted by Crippen LogP contribution is 2.33. The number of aromatic nitrogens is 1. The number of hydrogen-bond donors (Lipinski definition) is 1. The number of hydrogen-bond acceptors (Lipinski definition) is 4. The molecule has 3 heterocycles. The molecule has 1 aliphatic heterocycles. The molecule has 0 bridgehead atoms. The third-order valence-electron chi connectivity index (χ3n) is 7.54. The van der Waals surface area contributed by atoms with E-state index >= 15 is 0 Å². The van der Waals surface area contributed by atoms with E-state index in [2.05, 4.69) is 24.2 Å². The number of nitrogens with one attached hydrogen (secondary N) is 1. The van der Waals surface area contributed by atoms with Crippen LogP contribution in [0.15, 0.2) is 22.8 Å². The number of carbonyl (C=O) groups is 2. The van der Waals surface area contributed by atoms with Crippen molar-refractivity contribution in [3.05, 3.63) is 24.1 Å². The average molecular weight is 457 g/mol. The van der Waals surface area contributed by atoms with Crippen molar-refractivity contribution >= 4 is 22.9 Å². The van der Waals surface area contributed by atoms with E-state index in [1.165, 1.54) is 25.7 Å². The van der Waals surface area contributed by atoms with Gasteiger partial charge in [-0.25, -0.2) is 0 Å². The number of unbranched alkanes of at least 4 members (excludes halogenated alkanes) is 1. The van der Waals surface area contributed by atoms with Gasteiger partial charge in [-0.3, -0.25) is 9.59 Å². The molecule has 2 aromatic heterocycles. The van der Waals surface area contributed by atoms with Crippen LogP contribution < -0.4 is 5.32 Å². The Morgan fingerprint density at radius 2 is 1.94 bits per heavy atom. The molecule has 1 aliphatic carbocycles. The molecule has 7 heteroatoms. The molecule has 7 nitrogen and oxygen atoms in total. The lowest BCUT2D eigenvalue weighted by molar-refractivity contribution is -0.133. The van der Waals surface area contributed by atoms with Crippen LogP contribution in [0.2, 0.25) is 0 Å². The minimum atomic E-state index is -0.929. The molecule has 4 rings (SSSR count). The van der Waals surface area contributed by atoms with E-state index in [-0.39, 0.29) is 17.9 Å². The molecule has 182 valence electrons. The number of furan rings is 1. The summed E-state index contributed by atoms with van der Waals surface area (Å²) in [5, 5.41) is 3.33. The first-order chi connectivity index (χ1) is 15.9. The van der Waals surface area contributed by atoms with Crippen LogP contribution in [0.3, 0.4) is 0 Å². The third-order valence-corrected chi connectivity index (χ3v) is 7.54. The zero-order valence-electron chi connectivity index (χ0n) is 20.6. The van der Waals surface area contributed by atoms with E-state index in [0.717, 1.165) is 50.7 Å². The van der Waals surface area contributed by atoms with Crippen molar-refractivity contribution in [2.75, 3.05) is 26.7 Å². The van der Waals surface area contributed by atoms with Crippen molar-refractivity contribution in [3.63, 3.8) is 0 Å². The van der Waals surface area contributed by atoms with Gasteiger partial charge in [0, 0.05) is 24.7 Å². The maximum atomic E-state index is 13.7. The molecule has 1 fully saturated rings. The Kier molecular flexibility index (Phi) is 7.47. The van der Waals surface area contributed by atoms with Gasteiger partial charge in [0.2, 0.25) is 5.91 Å². The van der Waals surface area contributed by atoms with Gasteiger partial charge in [0.25, 0.3) is 5.91 Å². The maximum Gasteiger partial charge on any atom is 0.271 e. The molecular formula is C26H40N4O3. The van der Waals surface area contributed by atoms with Crippen LogP contribution in [-0.4, -0.2) is 64.4 Å². The summed E-state index contributed by atoms with van der Waals surface area (Å²) in [6.45, 7) is 7.12. The third kappa shape index (κ3) is 4.98. The molecule has 1 N–H and O–H groups in total. The quantitative estimate of drug-likeness (QED) is 0.568. The maximum absolute atomic E-state index is 13.7. The predicted molar refractivity (Wildman–Crippen MR) is 130 cm³/mol. The molecule has 1 saturated carbocycles. The summed E-state index contributed by atoms with van der Waals surface area (Å²) in [7, 11) is 2.13. The van der Waals surface area contributed by atoms with Gasteiger partial charge in [-0.2, -0.15) is 0 Å². The van der Waals surface area contributed by atoms with Gasteiger partial charge in [0.15, 0.2) is 5.58 Å². The summed E-state index contributed by atoms with van der Waals surface area (Å²) in [6.07, 6.45) is 11.7. The molecule has 2 aliphatic rings. The van der Waals surface area contributed by atoms with Gasteiger partial charge in [-0.15, -0.1) is 0 Å². The number of amides is 2. The Bertz CT molecular complexity index is 956. The number of fused-ring (bicyclic) bond motifs is 3. The van der Waals surface area contributed by atoms with Crippen molar-refractivity contribution in [3.8, 4) is 0 Å². The summed E-state index contributed by atoms with van der Waals surface area (Å²) in [5.74, 6) is -0.111. The van der Waals surface area contributed by atoms with Crippen LogP contribution in [-0.2, 0) is 11.3 Å². The first kappa shape index (κ1) is 23.9. The highest BCUT2D eigenvalue weighted by Gasteiger charge is 2.48. The zero-order valence-corrected chi connectivity index (χ0v) is 20.6. The lowest BCUT2D eigenvalue weighted by Crippen LogP contribution is -2.65. The average Bonchev–Trinajstić information content (AvgIpc) is 3.29. The van der Waals surface area contributed by atoms with E-state index < -0.39 is 5.54 Å². The van der Waals surface area contributed by atoms with Crippen molar-refractivity contribution in [2.24, 2.45) is 0 Å². The summed E-state index contributed by atoms with van der Waals surface area (Å²) in [6, 6.07) is 3.91. The fourth-order valence-corrected chi connectivity index (χ4v) is 5.43. The molecule has 2 amide bonds. The standard InChI is InChI=1S/C26H40N4O3/c1-4-5-14-28(3)15-10-16-30-24(31)22-18-23-21(13-17-33-23)29(22)19-26(30,2)25(32)27-20-11-8-6-7-9-12-20/h13,17-18,20H,4-12,14-16,19H2,1-3H3,(H,27,32)/t26-/m1/s1. The molecular weight excluding hydrogens is 416 g/mol. The SMILES string of the molecule is CCCCN(C)CCCN1C(=O)c2cc3occc3n2C[C@]1(C)C(=O)NC1CCCCCC1. The molecule has 0 saturated heterocycles. The topological polar surface area (TPSA) is 70.7 Å². The van der Waals surface area contributed by atoms with E-state index in [1.54, 1.807) is 6.26 Å². The van der Waals surface area contributed by atoms with Crippen LogP contribution >= 0.6 is 0 Å². The van der Waals surface area contributed by atoms with Gasteiger partial charge < -0.3 is 24.1 Å². The number of rotatable bonds is 9. The Balaban J connectivity index is 1.55. The zero-order chi connectivity index (χ0) is 23.4. The van der Waals surface area contributed by atoms with Crippen molar-refractivity contribution in [2.45, 2.75) is 89.8 Å². The summed E-state index contributed by atoms with van der Waals surface area (Å²) in [5.41, 5.74) is 1.27. The van der Waals surface area contributed by atoms with Crippen LogP contribution in [0, 0.1) is 0 Å². The monoisotopic (exact) mass is 456 g/mol. The summed E-state index contributed by atoms with van der Waals surface area (Å²) >= 11 is 0. The van der Waals surface area contributed by atoms with E-state index in [0.29, 0.717) is 24.4 Å².